The van der Waals surface area contributed by atoms with Gasteiger partial charge in [0.25, 0.3) is 0 Å². The maximum absolute atomic E-state index is 8.83. The van der Waals surface area contributed by atoms with Crippen molar-refractivity contribution >= 4 is 11.8 Å². The standard InChI is InChI=1S/C10H16N4S/c1-3-12-9(8-11)4-7-15-10-13-5-6-14(10)2/h5-6,9,12H,3-4,7H2,1-2H3. The zero-order valence-electron chi connectivity index (χ0n) is 9.10. The number of thioether (sulfide) groups is 1. The highest BCUT2D eigenvalue weighted by Crippen LogP contribution is 2.15. The summed E-state index contributed by atoms with van der Waals surface area (Å²) in [5, 5.41) is 13.0. The van der Waals surface area contributed by atoms with E-state index in [9.17, 15) is 0 Å². The van der Waals surface area contributed by atoms with Crippen LogP contribution in [0.3, 0.4) is 0 Å². The van der Waals surface area contributed by atoms with Crippen LogP contribution in [0.1, 0.15) is 13.3 Å². The number of hydrogen-bond acceptors (Lipinski definition) is 4. The van der Waals surface area contributed by atoms with Crippen molar-refractivity contribution in [2.24, 2.45) is 7.05 Å². The number of nitrogens with zero attached hydrogens (tertiary/aromatic N) is 3. The Morgan fingerprint density at radius 2 is 2.53 bits per heavy atom. The Morgan fingerprint density at radius 3 is 3.07 bits per heavy atom. The first-order valence-corrected chi connectivity index (χ1v) is 5.99. The minimum atomic E-state index is -0.0391. The highest BCUT2D eigenvalue weighted by molar-refractivity contribution is 7.99. The van der Waals surface area contributed by atoms with Gasteiger partial charge in [0, 0.05) is 25.2 Å². The van der Waals surface area contributed by atoms with Gasteiger partial charge in [-0.15, -0.1) is 0 Å². The predicted octanol–water partition coefficient (Wildman–Crippen LogP) is 1.40. The summed E-state index contributed by atoms with van der Waals surface area (Å²) < 4.78 is 1.99. The molecule has 1 unspecified atom stereocenters. The third-order valence-corrected chi connectivity index (χ3v) is 3.11. The van der Waals surface area contributed by atoms with E-state index < -0.39 is 0 Å². The number of hydrogen-bond donors (Lipinski definition) is 1. The van der Waals surface area contributed by atoms with Crippen LogP contribution in [0.4, 0.5) is 0 Å². The van der Waals surface area contributed by atoms with Crippen LogP contribution in [-0.4, -0.2) is 27.9 Å². The first-order valence-electron chi connectivity index (χ1n) is 5.01. The molecule has 1 aromatic rings. The lowest BCUT2D eigenvalue weighted by molar-refractivity contribution is 0.612. The fraction of sp³-hybridized carbons (Fsp3) is 0.600. The van der Waals surface area contributed by atoms with Crippen LogP contribution in [-0.2, 0) is 7.05 Å². The van der Waals surface area contributed by atoms with Crippen molar-refractivity contribution in [2.45, 2.75) is 24.5 Å². The highest BCUT2D eigenvalue weighted by atomic mass is 32.2. The normalized spacial score (nSPS) is 12.3. The molecule has 5 heteroatoms. The molecule has 0 bridgehead atoms. The fourth-order valence-corrected chi connectivity index (χ4v) is 2.15. The summed E-state index contributed by atoms with van der Waals surface area (Å²) in [7, 11) is 1.97. The van der Waals surface area contributed by atoms with Crippen LogP contribution in [0.5, 0.6) is 0 Å². The molecule has 0 radical (unpaired) electrons. The average molecular weight is 224 g/mol. The first kappa shape index (κ1) is 12.1. The number of aryl methyl sites for hydroxylation is 1. The van der Waals surface area contributed by atoms with E-state index in [0.29, 0.717) is 0 Å². The maximum atomic E-state index is 8.83. The molecule has 15 heavy (non-hydrogen) atoms. The Hall–Kier alpha value is -0.990. The molecular formula is C10H16N4S. The Kier molecular flexibility index (Phi) is 5.22. The predicted molar refractivity (Wildman–Crippen MR) is 61.6 cm³/mol. The van der Waals surface area contributed by atoms with E-state index >= 15 is 0 Å². The molecule has 0 spiro atoms. The summed E-state index contributed by atoms with van der Waals surface area (Å²) >= 11 is 1.68. The largest absolute Gasteiger partial charge is 0.329 e. The molecule has 82 valence electrons. The summed E-state index contributed by atoms with van der Waals surface area (Å²) in [5.74, 6) is 0.913. The van der Waals surface area contributed by atoms with Gasteiger partial charge in [0.1, 0.15) is 0 Å². The third kappa shape index (κ3) is 3.94. The summed E-state index contributed by atoms with van der Waals surface area (Å²) in [6, 6.07) is 2.21. The minimum Gasteiger partial charge on any atom is -0.329 e. The summed E-state index contributed by atoms with van der Waals surface area (Å²) in [4.78, 5) is 4.21. The first-order chi connectivity index (χ1) is 7.27. The third-order valence-electron chi connectivity index (χ3n) is 2.02. The zero-order chi connectivity index (χ0) is 11.1. The van der Waals surface area contributed by atoms with Crippen LogP contribution in [0.2, 0.25) is 0 Å². The monoisotopic (exact) mass is 224 g/mol. The molecule has 0 aromatic carbocycles. The van der Waals surface area contributed by atoms with Gasteiger partial charge in [0.05, 0.1) is 12.1 Å². The Labute approximate surface area is 94.7 Å². The Balaban J connectivity index is 2.27. The van der Waals surface area contributed by atoms with E-state index in [0.717, 1.165) is 23.9 Å². The van der Waals surface area contributed by atoms with Crippen LogP contribution in [0, 0.1) is 11.3 Å². The number of aromatic nitrogens is 2. The molecule has 0 saturated heterocycles. The summed E-state index contributed by atoms with van der Waals surface area (Å²) in [6.07, 6.45) is 4.56. The summed E-state index contributed by atoms with van der Waals surface area (Å²) in [5.41, 5.74) is 0. The number of imidazole rings is 1. The van der Waals surface area contributed by atoms with Crippen molar-refractivity contribution in [3.63, 3.8) is 0 Å². The molecule has 1 rings (SSSR count). The number of nitriles is 1. The van der Waals surface area contributed by atoms with Crippen LogP contribution < -0.4 is 5.32 Å². The van der Waals surface area contributed by atoms with E-state index in [-0.39, 0.29) is 6.04 Å². The number of nitrogens with one attached hydrogen (secondary N) is 1. The molecule has 4 nitrogen and oxygen atoms in total. The van der Waals surface area contributed by atoms with Gasteiger partial charge in [-0.05, 0) is 13.0 Å². The topological polar surface area (TPSA) is 53.6 Å². The van der Waals surface area contributed by atoms with E-state index in [1.165, 1.54) is 0 Å². The molecule has 0 saturated carbocycles. The average Bonchev–Trinajstić information content (AvgIpc) is 2.63. The Morgan fingerprint density at radius 1 is 1.73 bits per heavy atom. The smallest absolute Gasteiger partial charge is 0.167 e. The maximum Gasteiger partial charge on any atom is 0.167 e. The van der Waals surface area contributed by atoms with E-state index in [2.05, 4.69) is 16.4 Å². The second kappa shape index (κ2) is 6.49. The molecular weight excluding hydrogens is 208 g/mol. The molecule has 0 aliphatic heterocycles. The lowest BCUT2D eigenvalue weighted by Crippen LogP contribution is -2.27. The van der Waals surface area contributed by atoms with Crippen molar-refractivity contribution in [3.05, 3.63) is 12.4 Å². The van der Waals surface area contributed by atoms with E-state index in [1.54, 1.807) is 18.0 Å². The molecule has 1 atom stereocenters. The second-order valence-corrected chi connectivity index (χ2v) is 4.26. The quantitative estimate of drug-likeness (QED) is 0.742. The van der Waals surface area contributed by atoms with Crippen molar-refractivity contribution < 1.29 is 0 Å². The van der Waals surface area contributed by atoms with Crippen molar-refractivity contribution in [3.8, 4) is 6.07 Å². The van der Waals surface area contributed by atoms with Crippen LogP contribution in [0.15, 0.2) is 17.6 Å². The van der Waals surface area contributed by atoms with Gasteiger partial charge in [-0.1, -0.05) is 18.7 Å². The minimum absolute atomic E-state index is 0.0391. The highest BCUT2D eigenvalue weighted by Gasteiger charge is 2.06. The van der Waals surface area contributed by atoms with Gasteiger partial charge >= 0.3 is 0 Å². The second-order valence-electron chi connectivity index (χ2n) is 3.20. The molecule has 0 aliphatic rings. The zero-order valence-corrected chi connectivity index (χ0v) is 9.92. The lowest BCUT2D eigenvalue weighted by Gasteiger charge is -2.08. The van der Waals surface area contributed by atoms with Gasteiger partial charge in [-0.2, -0.15) is 5.26 Å². The fourth-order valence-electron chi connectivity index (χ4n) is 1.22. The van der Waals surface area contributed by atoms with Crippen molar-refractivity contribution in [1.29, 1.82) is 5.26 Å². The molecule has 0 fully saturated rings. The van der Waals surface area contributed by atoms with Crippen LogP contribution in [0.25, 0.3) is 0 Å². The molecule has 1 heterocycles. The molecule has 1 N–H and O–H groups in total. The van der Waals surface area contributed by atoms with Gasteiger partial charge in [-0.25, -0.2) is 4.98 Å². The SMILES string of the molecule is CCNC(C#N)CCSc1nccn1C. The molecule has 1 aromatic heterocycles. The number of rotatable bonds is 6. The van der Waals surface area contributed by atoms with Crippen molar-refractivity contribution in [1.82, 2.24) is 14.9 Å². The van der Waals surface area contributed by atoms with E-state index in [1.807, 2.05) is 24.7 Å². The molecule has 0 aliphatic carbocycles. The molecule has 0 amide bonds. The van der Waals surface area contributed by atoms with Gasteiger partial charge in [-0.3, -0.25) is 0 Å². The lowest BCUT2D eigenvalue weighted by atomic mass is 10.2. The van der Waals surface area contributed by atoms with Gasteiger partial charge in [0.15, 0.2) is 5.16 Å². The van der Waals surface area contributed by atoms with Crippen molar-refractivity contribution in [2.75, 3.05) is 12.3 Å². The Bertz CT molecular complexity index is 328. The van der Waals surface area contributed by atoms with E-state index in [4.69, 9.17) is 5.26 Å². The van der Waals surface area contributed by atoms with Crippen LogP contribution >= 0.6 is 11.8 Å². The van der Waals surface area contributed by atoms with Gasteiger partial charge in [0.2, 0.25) is 0 Å². The summed E-state index contributed by atoms with van der Waals surface area (Å²) in [6.45, 7) is 2.85. The van der Waals surface area contributed by atoms with Gasteiger partial charge < -0.3 is 9.88 Å².